The fourth-order valence-corrected chi connectivity index (χ4v) is 6.65. The minimum absolute atomic E-state index is 0.0744. The van der Waals surface area contributed by atoms with E-state index in [1.807, 2.05) is 0 Å². The van der Waals surface area contributed by atoms with Crippen LogP contribution in [0.3, 0.4) is 0 Å². The van der Waals surface area contributed by atoms with Gasteiger partial charge in [0.2, 0.25) is 0 Å². The molecule has 35 heavy (non-hydrogen) atoms. The van der Waals surface area contributed by atoms with Crippen molar-refractivity contribution in [3.8, 4) is 0 Å². The van der Waals surface area contributed by atoms with Crippen LogP contribution in [0, 0.1) is 0 Å². The van der Waals surface area contributed by atoms with Gasteiger partial charge in [-0.3, -0.25) is 0 Å². The van der Waals surface area contributed by atoms with Crippen LogP contribution in [-0.4, -0.2) is 40.7 Å². The molecule has 2 fully saturated rings. The van der Waals surface area contributed by atoms with Gasteiger partial charge in [-0.2, -0.15) is 0 Å². The molecule has 0 saturated carbocycles. The van der Waals surface area contributed by atoms with Crippen LogP contribution < -0.4 is 5.46 Å². The Hall–Kier alpha value is -1.33. The third-order valence-electron chi connectivity index (χ3n) is 8.45. The third kappa shape index (κ3) is 5.23. The lowest BCUT2D eigenvalue weighted by molar-refractivity contribution is 0.365. The molecule has 2 saturated heterocycles. The molecule has 0 amide bonds. The maximum atomic E-state index is 5.95. The highest BCUT2D eigenvalue weighted by Crippen LogP contribution is 2.56. The zero-order valence-electron chi connectivity index (χ0n) is 21.9. The standard InChI is InChI=1S/C29H42B2O4/c1-3-5-7-9-15-29(16-10-8-6-4-2)27-21-23(30-32-17-18-33-30)11-13-25(27)26-14-12-24(22-28(26)29)31-34-19-20-35-31/h11,13,21-22H,3-10,12,14-20H2,1-2H3. The normalized spacial score (nSPS) is 21.0. The van der Waals surface area contributed by atoms with Gasteiger partial charge in [-0.25, -0.2) is 0 Å². The highest BCUT2D eigenvalue weighted by Gasteiger charge is 2.46. The Morgan fingerprint density at radius 3 is 2.00 bits per heavy atom. The van der Waals surface area contributed by atoms with Crippen LogP contribution in [0.5, 0.6) is 0 Å². The molecule has 0 radical (unpaired) electrons. The van der Waals surface area contributed by atoms with E-state index in [1.54, 1.807) is 11.1 Å². The van der Waals surface area contributed by atoms with E-state index in [-0.39, 0.29) is 19.7 Å². The summed E-state index contributed by atoms with van der Waals surface area (Å²) in [7, 11) is -0.372. The second-order valence-corrected chi connectivity index (χ2v) is 10.8. The second-order valence-electron chi connectivity index (χ2n) is 10.8. The van der Waals surface area contributed by atoms with E-state index in [4.69, 9.17) is 18.6 Å². The molecule has 2 aliphatic carbocycles. The molecular weight excluding hydrogens is 434 g/mol. The van der Waals surface area contributed by atoms with Gasteiger partial charge in [0.1, 0.15) is 0 Å². The number of benzene rings is 1. The summed E-state index contributed by atoms with van der Waals surface area (Å²) < 4.78 is 23.7. The van der Waals surface area contributed by atoms with Crippen molar-refractivity contribution < 1.29 is 18.6 Å². The summed E-state index contributed by atoms with van der Waals surface area (Å²) in [5, 5.41) is 0. The average molecular weight is 476 g/mol. The van der Waals surface area contributed by atoms with Crippen LogP contribution in [-0.2, 0) is 24.0 Å². The molecule has 0 spiro atoms. The SMILES string of the molecule is CCCCCCC1(CCCCCC)C2=C(CCC(B3OCCO3)=C2)c2ccc(B3OCCO3)cc21. The molecule has 0 aromatic heterocycles. The molecule has 1 aromatic carbocycles. The van der Waals surface area contributed by atoms with E-state index in [0.29, 0.717) is 26.4 Å². The molecule has 0 N–H and O–H groups in total. The zero-order valence-corrected chi connectivity index (χ0v) is 21.9. The number of hydrogen-bond donors (Lipinski definition) is 0. The highest BCUT2D eigenvalue weighted by molar-refractivity contribution is 6.61. The van der Waals surface area contributed by atoms with Gasteiger partial charge in [-0.15, -0.1) is 0 Å². The number of allylic oxidation sites excluding steroid dienone is 4. The molecule has 188 valence electrons. The molecule has 6 heteroatoms. The van der Waals surface area contributed by atoms with E-state index in [0.717, 1.165) is 12.8 Å². The van der Waals surface area contributed by atoms with Gasteiger partial charge in [-0.05, 0) is 58.9 Å². The molecule has 0 atom stereocenters. The third-order valence-corrected chi connectivity index (χ3v) is 8.45. The van der Waals surface area contributed by atoms with Crippen LogP contribution >= 0.6 is 0 Å². The molecule has 5 rings (SSSR count). The Kier molecular flexibility index (Phi) is 8.55. The monoisotopic (exact) mass is 476 g/mol. The molecule has 2 heterocycles. The van der Waals surface area contributed by atoms with Crippen molar-refractivity contribution in [3.63, 3.8) is 0 Å². The van der Waals surface area contributed by atoms with E-state index < -0.39 is 0 Å². The molecule has 1 aromatic rings. The lowest BCUT2D eigenvalue weighted by atomic mass is 9.64. The van der Waals surface area contributed by atoms with E-state index in [1.165, 1.54) is 86.3 Å². The Labute approximate surface area is 213 Å². The predicted molar refractivity (Wildman–Crippen MR) is 145 cm³/mol. The van der Waals surface area contributed by atoms with Crippen molar-refractivity contribution >= 4 is 25.3 Å². The van der Waals surface area contributed by atoms with Crippen molar-refractivity contribution in [1.29, 1.82) is 0 Å². The summed E-state index contributed by atoms with van der Waals surface area (Å²) >= 11 is 0. The number of rotatable bonds is 12. The topological polar surface area (TPSA) is 36.9 Å². The summed E-state index contributed by atoms with van der Waals surface area (Å²) in [5.74, 6) is 0. The lowest BCUT2D eigenvalue weighted by Gasteiger charge is -2.35. The quantitative estimate of drug-likeness (QED) is 0.267. The first-order valence-corrected chi connectivity index (χ1v) is 14.3. The Morgan fingerprint density at radius 2 is 1.37 bits per heavy atom. The van der Waals surface area contributed by atoms with E-state index in [9.17, 15) is 0 Å². The largest absolute Gasteiger partial charge is 0.494 e. The lowest BCUT2D eigenvalue weighted by Crippen LogP contribution is -2.34. The fourth-order valence-electron chi connectivity index (χ4n) is 6.65. The van der Waals surface area contributed by atoms with E-state index >= 15 is 0 Å². The maximum Gasteiger partial charge on any atom is 0.494 e. The molecule has 0 unspecified atom stereocenters. The average Bonchev–Trinajstić information content (AvgIpc) is 3.66. The molecule has 4 aliphatic rings. The van der Waals surface area contributed by atoms with E-state index in [2.05, 4.69) is 38.1 Å². The van der Waals surface area contributed by atoms with Gasteiger partial charge in [0, 0.05) is 5.41 Å². The van der Waals surface area contributed by atoms with Gasteiger partial charge in [0.15, 0.2) is 0 Å². The van der Waals surface area contributed by atoms with Crippen molar-refractivity contribution in [2.45, 2.75) is 96.3 Å². The number of unbranched alkanes of at least 4 members (excludes halogenated alkanes) is 6. The second kappa shape index (κ2) is 11.8. The minimum Gasteiger partial charge on any atom is -0.405 e. The Morgan fingerprint density at radius 1 is 0.743 bits per heavy atom. The first-order valence-electron chi connectivity index (χ1n) is 14.3. The molecular formula is C29H42B2O4. The van der Waals surface area contributed by atoms with Gasteiger partial charge in [0.05, 0.1) is 26.4 Å². The van der Waals surface area contributed by atoms with Crippen molar-refractivity contribution in [1.82, 2.24) is 0 Å². The molecule has 2 aliphatic heterocycles. The first-order chi connectivity index (χ1) is 17.3. The number of hydrogen-bond acceptors (Lipinski definition) is 4. The smallest absolute Gasteiger partial charge is 0.405 e. The number of fused-ring (bicyclic) bond motifs is 2. The summed E-state index contributed by atoms with van der Waals surface area (Å²) in [4.78, 5) is 0. The van der Waals surface area contributed by atoms with Crippen molar-refractivity contribution in [3.05, 3.63) is 46.4 Å². The van der Waals surface area contributed by atoms with Crippen LogP contribution in [0.25, 0.3) is 5.57 Å². The predicted octanol–water partition coefficient (Wildman–Crippen LogP) is 6.17. The summed E-state index contributed by atoms with van der Waals surface area (Å²) in [6.07, 6.45) is 17.4. The Bertz CT molecular complexity index is 917. The zero-order chi connectivity index (χ0) is 24.1. The van der Waals surface area contributed by atoms with Gasteiger partial charge in [-0.1, -0.05) is 89.5 Å². The van der Waals surface area contributed by atoms with Crippen LogP contribution in [0.1, 0.15) is 102 Å². The maximum absolute atomic E-state index is 5.95. The Balaban J connectivity index is 1.54. The van der Waals surface area contributed by atoms with Crippen LogP contribution in [0.15, 0.2) is 35.3 Å². The van der Waals surface area contributed by atoms with Crippen LogP contribution in [0.2, 0.25) is 0 Å². The van der Waals surface area contributed by atoms with Gasteiger partial charge < -0.3 is 18.6 Å². The summed E-state index contributed by atoms with van der Waals surface area (Å²) in [6, 6.07) is 7.05. The summed E-state index contributed by atoms with van der Waals surface area (Å²) in [6.45, 7) is 7.39. The summed E-state index contributed by atoms with van der Waals surface area (Å²) in [5.41, 5.74) is 8.71. The first kappa shape index (κ1) is 25.3. The van der Waals surface area contributed by atoms with Crippen LogP contribution in [0.4, 0.5) is 0 Å². The van der Waals surface area contributed by atoms with Gasteiger partial charge in [0.25, 0.3) is 0 Å². The fraction of sp³-hybridized carbons (Fsp3) is 0.655. The molecule has 0 bridgehead atoms. The highest BCUT2D eigenvalue weighted by atomic mass is 16.6. The van der Waals surface area contributed by atoms with Gasteiger partial charge >= 0.3 is 14.2 Å². The molecule has 4 nitrogen and oxygen atoms in total. The van der Waals surface area contributed by atoms with Crippen molar-refractivity contribution in [2.24, 2.45) is 0 Å². The van der Waals surface area contributed by atoms with Crippen molar-refractivity contribution in [2.75, 3.05) is 26.4 Å². The minimum atomic E-state index is -0.220.